The van der Waals surface area contributed by atoms with Gasteiger partial charge in [0.25, 0.3) is 5.91 Å². The number of anilines is 1. The van der Waals surface area contributed by atoms with Gasteiger partial charge in [-0.25, -0.2) is 0 Å². The molecule has 1 aromatic rings. The van der Waals surface area contributed by atoms with Crippen molar-refractivity contribution in [2.75, 3.05) is 11.4 Å². The molecule has 21 heavy (non-hydrogen) atoms. The van der Waals surface area contributed by atoms with Crippen LogP contribution in [-0.2, 0) is 10.4 Å². The third-order valence-electron chi connectivity index (χ3n) is 4.07. The molecule has 116 valence electrons. The van der Waals surface area contributed by atoms with Crippen LogP contribution >= 0.6 is 0 Å². The number of carbonyl (C=O) groups excluding carboxylic acids is 1. The number of aliphatic hydroxyl groups excluding tert-OH is 1. The van der Waals surface area contributed by atoms with Gasteiger partial charge < -0.3 is 15.1 Å². The lowest BCUT2D eigenvalue weighted by Gasteiger charge is -2.24. The third kappa shape index (κ3) is 3.11. The Labute approximate surface area is 126 Å². The van der Waals surface area contributed by atoms with Crippen LogP contribution in [0.4, 0.5) is 5.69 Å². The van der Waals surface area contributed by atoms with E-state index in [4.69, 9.17) is 0 Å². The fourth-order valence-electron chi connectivity index (χ4n) is 3.05. The molecule has 0 saturated carbocycles. The zero-order chi connectivity index (χ0) is 15.5. The lowest BCUT2D eigenvalue weighted by atomic mass is 9.90. The molecule has 0 spiro atoms. The predicted octanol–water partition coefficient (Wildman–Crippen LogP) is 2.57. The molecule has 4 heteroatoms. The summed E-state index contributed by atoms with van der Waals surface area (Å²) in [5.74, 6) is -0.305. The van der Waals surface area contributed by atoms with Crippen molar-refractivity contribution < 1.29 is 15.0 Å². The van der Waals surface area contributed by atoms with E-state index in [9.17, 15) is 15.0 Å². The molecule has 0 aliphatic carbocycles. The fourth-order valence-corrected chi connectivity index (χ4v) is 3.05. The molecule has 1 aromatic carbocycles. The number of fused-ring (bicyclic) bond motifs is 1. The summed E-state index contributed by atoms with van der Waals surface area (Å²) in [4.78, 5) is 14.3. The first kappa shape index (κ1) is 16.0. The van der Waals surface area contributed by atoms with E-state index >= 15 is 0 Å². The van der Waals surface area contributed by atoms with E-state index in [1.807, 2.05) is 18.2 Å². The van der Waals surface area contributed by atoms with Crippen molar-refractivity contribution in [3.63, 3.8) is 0 Å². The molecule has 1 aliphatic heterocycles. The number of unbranched alkanes of at least 4 members (excludes halogenated alkanes) is 3. The smallest absolute Gasteiger partial charge is 0.263 e. The first-order valence-corrected chi connectivity index (χ1v) is 7.82. The Morgan fingerprint density at radius 3 is 2.62 bits per heavy atom. The minimum absolute atomic E-state index is 0.0360. The van der Waals surface area contributed by atoms with E-state index in [1.54, 1.807) is 17.9 Å². The second kappa shape index (κ2) is 6.58. The summed E-state index contributed by atoms with van der Waals surface area (Å²) in [6.07, 6.45) is 3.62. The maximum absolute atomic E-state index is 12.6. The molecule has 2 atom stereocenters. The van der Waals surface area contributed by atoms with E-state index < -0.39 is 11.7 Å². The highest BCUT2D eigenvalue weighted by Gasteiger charge is 2.49. The van der Waals surface area contributed by atoms with E-state index in [1.165, 1.54) is 0 Å². The van der Waals surface area contributed by atoms with Crippen LogP contribution in [0.3, 0.4) is 0 Å². The molecule has 0 radical (unpaired) electrons. The number of rotatable bonds is 7. The van der Waals surface area contributed by atoms with Crippen LogP contribution in [0.2, 0.25) is 0 Å². The SMILES string of the molecule is CCCCCCN1C(=O)[C@](O)(C[C@@H](C)O)c2ccccc21. The van der Waals surface area contributed by atoms with E-state index in [0.29, 0.717) is 12.1 Å². The van der Waals surface area contributed by atoms with Gasteiger partial charge in [-0.15, -0.1) is 0 Å². The quantitative estimate of drug-likeness (QED) is 0.759. The second-order valence-corrected chi connectivity index (χ2v) is 5.95. The molecular formula is C17H25NO3. The van der Waals surface area contributed by atoms with Gasteiger partial charge in [0.1, 0.15) is 0 Å². The predicted molar refractivity (Wildman–Crippen MR) is 83.1 cm³/mol. The zero-order valence-electron chi connectivity index (χ0n) is 12.9. The van der Waals surface area contributed by atoms with Crippen LogP contribution in [0.25, 0.3) is 0 Å². The Morgan fingerprint density at radius 2 is 1.95 bits per heavy atom. The fraction of sp³-hybridized carbons (Fsp3) is 0.588. The molecule has 1 heterocycles. The van der Waals surface area contributed by atoms with Crippen molar-refractivity contribution in [1.82, 2.24) is 0 Å². The number of hydrogen-bond donors (Lipinski definition) is 2. The van der Waals surface area contributed by atoms with Crippen LogP contribution < -0.4 is 4.90 Å². The molecule has 2 N–H and O–H groups in total. The van der Waals surface area contributed by atoms with Crippen molar-refractivity contribution in [3.05, 3.63) is 29.8 Å². The van der Waals surface area contributed by atoms with Crippen molar-refractivity contribution in [1.29, 1.82) is 0 Å². The molecule has 1 aliphatic rings. The summed E-state index contributed by atoms with van der Waals surface area (Å²) in [6, 6.07) is 7.34. The molecule has 0 unspecified atom stereocenters. The van der Waals surface area contributed by atoms with Crippen molar-refractivity contribution in [2.45, 2.75) is 57.7 Å². The van der Waals surface area contributed by atoms with Gasteiger partial charge in [0.15, 0.2) is 5.60 Å². The lowest BCUT2D eigenvalue weighted by molar-refractivity contribution is -0.139. The summed E-state index contributed by atoms with van der Waals surface area (Å²) in [5, 5.41) is 20.4. The summed E-state index contributed by atoms with van der Waals surface area (Å²) in [5.41, 5.74) is -0.191. The maximum atomic E-state index is 12.6. The molecule has 0 saturated heterocycles. The molecular weight excluding hydrogens is 266 g/mol. The van der Waals surface area contributed by atoms with E-state index in [2.05, 4.69) is 6.92 Å². The number of nitrogens with zero attached hydrogens (tertiary/aromatic N) is 1. The maximum Gasteiger partial charge on any atom is 0.263 e. The average Bonchev–Trinajstić information content (AvgIpc) is 2.65. The Kier molecular flexibility index (Phi) is 5.01. The first-order valence-electron chi connectivity index (χ1n) is 7.82. The summed E-state index contributed by atoms with van der Waals surface area (Å²) in [7, 11) is 0. The minimum atomic E-state index is -1.59. The van der Waals surface area contributed by atoms with Gasteiger partial charge >= 0.3 is 0 Å². The number of benzene rings is 1. The van der Waals surface area contributed by atoms with Crippen LogP contribution in [0, 0.1) is 0 Å². The minimum Gasteiger partial charge on any atom is -0.393 e. The van der Waals surface area contributed by atoms with Crippen molar-refractivity contribution >= 4 is 11.6 Å². The molecule has 0 fully saturated rings. The monoisotopic (exact) mass is 291 g/mol. The van der Waals surface area contributed by atoms with Gasteiger partial charge in [0.2, 0.25) is 0 Å². The van der Waals surface area contributed by atoms with E-state index in [0.717, 1.165) is 31.4 Å². The molecule has 2 rings (SSSR count). The lowest BCUT2D eigenvalue weighted by Crippen LogP contribution is -2.42. The summed E-state index contributed by atoms with van der Waals surface area (Å²) >= 11 is 0. The van der Waals surface area contributed by atoms with Crippen LogP contribution in [-0.4, -0.2) is 28.8 Å². The topological polar surface area (TPSA) is 60.8 Å². The normalized spacial score (nSPS) is 22.5. The Bertz CT molecular complexity index is 501. The number of carbonyl (C=O) groups is 1. The van der Waals surface area contributed by atoms with Gasteiger partial charge in [0.05, 0.1) is 11.8 Å². The van der Waals surface area contributed by atoms with Crippen LogP contribution in [0.1, 0.15) is 51.5 Å². The van der Waals surface area contributed by atoms with Gasteiger partial charge in [-0.3, -0.25) is 4.79 Å². The van der Waals surface area contributed by atoms with E-state index in [-0.39, 0.29) is 12.3 Å². The van der Waals surface area contributed by atoms with Gasteiger partial charge in [-0.1, -0.05) is 44.4 Å². The molecule has 0 aromatic heterocycles. The number of para-hydroxylation sites is 1. The van der Waals surface area contributed by atoms with Gasteiger partial charge in [0, 0.05) is 18.5 Å². The molecule has 1 amide bonds. The number of amides is 1. The highest BCUT2D eigenvalue weighted by molar-refractivity contribution is 6.06. The van der Waals surface area contributed by atoms with Gasteiger partial charge in [-0.05, 0) is 19.4 Å². The highest BCUT2D eigenvalue weighted by atomic mass is 16.3. The van der Waals surface area contributed by atoms with Crippen LogP contribution in [0.5, 0.6) is 0 Å². The molecule has 0 bridgehead atoms. The zero-order valence-corrected chi connectivity index (χ0v) is 12.9. The number of aliphatic hydroxyl groups is 2. The van der Waals surface area contributed by atoms with Crippen molar-refractivity contribution in [2.24, 2.45) is 0 Å². The van der Waals surface area contributed by atoms with Crippen LogP contribution in [0.15, 0.2) is 24.3 Å². The largest absolute Gasteiger partial charge is 0.393 e. The highest BCUT2D eigenvalue weighted by Crippen LogP contribution is 2.42. The Morgan fingerprint density at radius 1 is 1.24 bits per heavy atom. The summed E-state index contributed by atoms with van der Waals surface area (Å²) < 4.78 is 0. The average molecular weight is 291 g/mol. The Hall–Kier alpha value is -1.39. The summed E-state index contributed by atoms with van der Waals surface area (Å²) in [6.45, 7) is 4.37. The second-order valence-electron chi connectivity index (χ2n) is 5.95. The van der Waals surface area contributed by atoms with Crippen molar-refractivity contribution in [3.8, 4) is 0 Å². The standard InChI is InChI=1S/C17H25NO3/c1-3-4-5-8-11-18-15-10-7-6-9-14(15)17(21,16(18)20)12-13(2)19/h6-7,9-10,13,19,21H,3-5,8,11-12H2,1-2H3/t13-,17+/m1/s1. The Balaban J connectivity index is 2.22. The van der Waals surface area contributed by atoms with Gasteiger partial charge in [-0.2, -0.15) is 0 Å². The first-order chi connectivity index (χ1) is 10.0. The molecule has 4 nitrogen and oxygen atoms in total. The third-order valence-corrected chi connectivity index (χ3v) is 4.07. The number of hydrogen-bond acceptors (Lipinski definition) is 3.